The van der Waals surface area contributed by atoms with Crippen LogP contribution in [0.1, 0.15) is 46.0 Å². The van der Waals surface area contributed by atoms with Crippen LogP contribution >= 0.6 is 0 Å². The van der Waals surface area contributed by atoms with Crippen LogP contribution in [0.15, 0.2) is 11.9 Å². The van der Waals surface area contributed by atoms with Gasteiger partial charge < -0.3 is 4.74 Å². The summed E-state index contributed by atoms with van der Waals surface area (Å²) in [6.07, 6.45) is 6.26. The molecule has 0 amide bonds. The molecule has 0 aromatic rings. The van der Waals surface area contributed by atoms with Crippen LogP contribution in [-0.4, -0.2) is 12.6 Å². The lowest BCUT2D eigenvalue weighted by Gasteiger charge is -1.98. The highest BCUT2D eigenvalue weighted by atomic mass is 19.1. The lowest BCUT2D eigenvalue weighted by molar-refractivity contribution is -0.140. The Labute approximate surface area is 85.1 Å². The fraction of sp³-hybridized carbons (Fsp3) is 0.727. The number of unbranched alkanes of at least 4 members (excludes halogenated alkanes) is 4. The first-order chi connectivity index (χ1) is 6.72. The number of allylic oxidation sites excluding steroid dienone is 1. The summed E-state index contributed by atoms with van der Waals surface area (Å²) < 4.78 is 17.4. The summed E-state index contributed by atoms with van der Waals surface area (Å²) in [5, 5.41) is 0. The van der Waals surface area contributed by atoms with E-state index in [1.165, 1.54) is 6.08 Å². The van der Waals surface area contributed by atoms with Crippen LogP contribution in [-0.2, 0) is 9.53 Å². The van der Waals surface area contributed by atoms with Crippen LogP contribution in [0.4, 0.5) is 4.39 Å². The second kappa shape index (κ2) is 8.73. The van der Waals surface area contributed by atoms with Crippen molar-refractivity contribution in [2.24, 2.45) is 0 Å². The molecule has 0 heterocycles. The van der Waals surface area contributed by atoms with Gasteiger partial charge in [0.15, 0.2) is 0 Å². The molecule has 0 bridgehead atoms. The minimum Gasteiger partial charge on any atom is -0.461 e. The molecule has 0 fully saturated rings. The van der Waals surface area contributed by atoms with Crippen LogP contribution in [0.25, 0.3) is 0 Å². The molecule has 0 N–H and O–H groups in total. The number of hydrogen-bond acceptors (Lipinski definition) is 2. The first-order valence-corrected chi connectivity index (χ1v) is 5.25. The normalized spacial score (nSPS) is 11.5. The van der Waals surface area contributed by atoms with Crippen LogP contribution in [0.5, 0.6) is 0 Å². The van der Waals surface area contributed by atoms with Gasteiger partial charge in [0.1, 0.15) is 0 Å². The maximum Gasteiger partial charge on any atom is 0.366 e. The van der Waals surface area contributed by atoms with E-state index in [2.05, 4.69) is 11.7 Å². The SMILES string of the molecule is CCCCCCC=C(F)C(=O)OCC. The Morgan fingerprint density at radius 3 is 2.57 bits per heavy atom. The molecule has 0 atom stereocenters. The third-order valence-corrected chi connectivity index (χ3v) is 1.85. The van der Waals surface area contributed by atoms with Gasteiger partial charge in [-0.2, -0.15) is 4.39 Å². The molecule has 3 heteroatoms. The highest BCUT2D eigenvalue weighted by molar-refractivity contribution is 5.85. The zero-order valence-corrected chi connectivity index (χ0v) is 9.01. The predicted octanol–water partition coefficient (Wildman–Crippen LogP) is 3.37. The molecule has 0 aromatic heterocycles. The van der Waals surface area contributed by atoms with Crippen molar-refractivity contribution in [2.45, 2.75) is 46.0 Å². The van der Waals surface area contributed by atoms with Gasteiger partial charge in [-0.15, -0.1) is 0 Å². The second-order valence-corrected chi connectivity index (χ2v) is 3.12. The minimum absolute atomic E-state index is 0.218. The molecule has 0 spiro atoms. The summed E-state index contributed by atoms with van der Waals surface area (Å²) >= 11 is 0. The molecule has 0 radical (unpaired) electrons. The fourth-order valence-electron chi connectivity index (χ4n) is 1.08. The van der Waals surface area contributed by atoms with Crippen molar-refractivity contribution in [2.75, 3.05) is 6.61 Å². The van der Waals surface area contributed by atoms with E-state index in [0.29, 0.717) is 6.42 Å². The van der Waals surface area contributed by atoms with Crippen LogP contribution < -0.4 is 0 Å². The first kappa shape index (κ1) is 13.1. The van der Waals surface area contributed by atoms with Crippen molar-refractivity contribution in [1.29, 1.82) is 0 Å². The Morgan fingerprint density at radius 2 is 2.00 bits per heavy atom. The monoisotopic (exact) mass is 202 g/mol. The molecule has 0 unspecified atom stereocenters. The number of halogens is 1. The molecule has 0 aromatic carbocycles. The standard InChI is InChI=1S/C11H19FO2/c1-3-5-6-7-8-9-10(12)11(13)14-4-2/h9H,3-8H2,1-2H3. The van der Waals surface area contributed by atoms with Gasteiger partial charge in [0, 0.05) is 0 Å². The van der Waals surface area contributed by atoms with Crippen molar-refractivity contribution < 1.29 is 13.9 Å². The van der Waals surface area contributed by atoms with E-state index in [0.717, 1.165) is 25.7 Å². The summed E-state index contributed by atoms with van der Waals surface area (Å²) in [4.78, 5) is 10.8. The number of ether oxygens (including phenoxy) is 1. The smallest absolute Gasteiger partial charge is 0.366 e. The summed E-state index contributed by atoms with van der Waals surface area (Å²) in [7, 11) is 0. The molecular formula is C11H19FO2. The maximum absolute atomic E-state index is 12.9. The van der Waals surface area contributed by atoms with E-state index < -0.39 is 11.8 Å². The predicted molar refractivity (Wildman–Crippen MR) is 54.6 cm³/mol. The van der Waals surface area contributed by atoms with Gasteiger partial charge >= 0.3 is 5.97 Å². The van der Waals surface area contributed by atoms with E-state index in [1.54, 1.807) is 6.92 Å². The summed E-state index contributed by atoms with van der Waals surface area (Å²) in [6, 6.07) is 0. The zero-order valence-electron chi connectivity index (χ0n) is 9.01. The van der Waals surface area contributed by atoms with Gasteiger partial charge in [-0.25, -0.2) is 4.79 Å². The Hall–Kier alpha value is -0.860. The maximum atomic E-state index is 12.9. The zero-order chi connectivity index (χ0) is 10.8. The number of esters is 1. The van der Waals surface area contributed by atoms with E-state index in [-0.39, 0.29) is 6.61 Å². The molecule has 0 saturated heterocycles. The van der Waals surface area contributed by atoms with Gasteiger partial charge in [-0.05, 0) is 25.8 Å². The van der Waals surface area contributed by atoms with Gasteiger partial charge in [0.05, 0.1) is 6.61 Å². The number of carbonyl (C=O) groups is 1. The van der Waals surface area contributed by atoms with E-state index >= 15 is 0 Å². The lowest BCUT2D eigenvalue weighted by Crippen LogP contribution is -2.03. The highest BCUT2D eigenvalue weighted by Crippen LogP contribution is 2.07. The number of carbonyl (C=O) groups excluding carboxylic acids is 1. The molecule has 0 saturated carbocycles. The van der Waals surface area contributed by atoms with Crippen molar-refractivity contribution in [3.63, 3.8) is 0 Å². The molecule has 0 aliphatic rings. The third kappa shape index (κ3) is 6.63. The van der Waals surface area contributed by atoms with Crippen LogP contribution in [0, 0.1) is 0 Å². The van der Waals surface area contributed by atoms with E-state index in [4.69, 9.17) is 0 Å². The Kier molecular flexibility index (Phi) is 8.19. The molecule has 0 aliphatic carbocycles. The first-order valence-electron chi connectivity index (χ1n) is 5.25. The van der Waals surface area contributed by atoms with Gasteiger partial charge in [-0.3, -0.25) is 0 Å². The molecule has 14 heavy (non-hydrogen) atoms. The Balaban J connectivity index is 3.60. The molecule has 0 aliphatic heterocycles. The van der Waals surface area contributed by atoms with Crippen molar-refractivity contribution >= 4 is 5.97 Å². The summed E-state index contributed by atoms with van der Waals surface area (Å²) in [6.45, 7) is 4.00. The van der Waals surface area contributed by atoms with Crippen molar-refractivity contribution in [1.82, 2.24) is 0 Å². The summed E-state index contributed by atoms with van der Waals surface area (Å²) in [5.74, 6) is -1.61. The van der Waals surface area contributed by atoms with Gasteiger partial charge in [0.25, 0.3) is 0 Å². The molecule has 0 rings (SSSR count). The topological polar surface area (TPSA) is 26.3 Å². The van der Waals surface area contributed by atoms with E-state index in [1.807, 2.05) is 0 Å². The molecular weight excluding hydrogens is 183 g/mol. The quantitative estimate of drug-likeness (QED) is 0.359. The number of rotatable bonds is 7. The number of hydrogen-bond donors (Lipinski definition) is 0. The highest BCUT2D eigenvalue weighted by Gasteiger charge is 2.07. The van der Waals surface area contributed by atoms with Crippen LogP contribution in [0.3, 0.4) is 0 Å². The van der Waals surface area contributed by atoms with Gasteiger partial charge in [0.2, 0.25) is 5.83 Å². The second-order valence-electron chi connectivity index (χ2n) is 3.12. The minimum atomic E-state index is -0.844. The fourth-order valence-corrected chi connectivity index (χ4v) is 1.08. The van der Waals surface area contributed by atoms with Crippen molar-refractivity contribution in [3.05, 3.63) is 11.9 Å². The summed E-state index contributed by atoms with van der Waals surface area (Å²) in [5.41, 5.74) is 0. The van der Waals surface area contributed by atoms with E-state index in [9.17, 15) is 9.18 Å². The average Bonchev–Trinajstić information content (AvgIpc) is 2.17. The largest absolute Gasteiger partial charge is 0.461 e. The Bertz CT molecular complexity index is 188. The molecule has 2 nitrogen and oxygen atoms in total. The average molecular weight is 202 g/mol. The molecule has 82 valence electrons. The van der Waals surface area contributed by atoms with Crippen molar-refractivity contribution in [3.8, 4) is 0 Å². The Morgan fingerprint density at radius 1 is 1.29 bits per heavy atom. The van der Waals surface area contributed by atoms with Gasteiger partial charge in [-0.1, -0.05) is 26.2 Å². The third-order valence-electron chi connectivity index (χ3n) is 1.85. The lowest BCUT2D eigenvalue weighted by atomic mass is 10.1. The van der Waals surface area contributed by atoms with Crippen LogP contribution in [0.2, 0.25) is 0 Å².